The third-order valence-corrected chi connectivity index (χ3v) is 3.00. The number of halogens is 1. The molecule has 0 bridgehead atoms. The lowest BCUT2D eigenvalue weighted by Gasteiger charge is -2.25. The summed E-state index contributed by atoms with van der Waals surface area (Å²) in [7, 11) is 0. The number of fused-ring (bicyclic) bond motifs is 1. The van der Waals surface area contributed by atoms with Gasteiger partial charge in [0.2, 0.25) is 6.79 Å². The van der Waals surface area contributed by atoms with Crippen LogP contribution in [0.1, 0.15) is 30.6 Å². The maximum Gasteiger partial charge on any atom is 0.251 e. The first-order valence-corrected chi connectivity index (χ1v) is 6.33. The van der Waals surface area contributed by atoms with Crippen molar-refractivity contribution in [1.29, 1.82) is 0 Å². The third kappa shape index (κ3) is 2.88. The first-order chi connectivity index (χ1) is 8.52. The second-order valence-corrected chi connectivity index (χ2v) is 5.22. The van der Waals surface area contributed by atoms with Crippen molar-refractivity contribution in [1.82, 2.24) is 5.32 Å². The second kappa shape index (κ2) is 5.06. The van der Waals surface area contributed by atoms with Gasteiger partial charge in [-0.05, 0) is 38.5 Å². The van der Waals surface area contributed by atoms with Gasteiger partial charge in [-0.3, -0.25) is 4.79 Å². The first-order valence-electron chi connectivity index (χ1n) is 5.80. The van der Waals surface area contributed by atoms with E-state index in [-0.39, 0.29) is 18.2 Å². The van der Waals surface area contributed by atoms with Crippen molar-refractivity contribution >= 4 is 17.5 Å². The van der Waals surface area contributed by atoms with Crippen molar-refractivity contribution in [3.05, 3.63) is 23.8 Å². The minimum Gasteiger partial charge on any atom is -0.454 e. The molecule has 1 aromatic rings. The lowest BCUT2D eigenvalue weighted by atomic mass is 10.0. The number of nitrogens with one attached hydrogen (secondary N) is 1. The third-order valence-electron chi connectivity index (χ3n) is 2.81. The number of hydrogen-bond acceptors (Lipinski definition) is 3. The topological polar surface area (TPSA) is 47.6 Å². The van der Waals surface area contributed by atoms with Gasteiger partial charge in [-0.2, -0.15) is 0 Å². The molecule has 0 unspecified atom stereocenters. The zero-order chi connectivity index (χ0) is 13.2. The highest BCUT2D eigenvalue weighted by atomic mass is 35.5. The molecule has 0 radical (unpaired) electrons. The van der Waals surface area contributed by atoms with Crippen molar-refractivity contribution in [2.75, 3.05) is 12.7 Å². The van der Waals surface area contributed by atoms with E-state index in [0.29, 0.717) is 29.4 Å². The molecular formula is C13H16ClNO3. The van der Waals surface area contributed by atoms with Crippen LogP contribution in [0.15, 0.2) is 18.2 Å². The minimum atomic E-state index is -0.324. The van der Waals surface area contributed by atoms with Gasteiger partial charge in [0.15, 0.2) is 11.5 Å². The normalized spacial score (nSPS) is 13.5. The van der Waals surface area contributed by atoms with Crippen molar-refractivity contribution in [2.24, 2.45) is 0 Å². The summed E-state index contributed by atoms with van der Waals surface area (Å²) in [5.41, 5.74) is 0.233. The molecule has 1 heterocycles. The summed E-state index contributed by atoms with van der Waals surface area (Å²) in [6.07, 6.45) is 0.713. The summed E-state index contributed by atoms with van der Waals surface area (Å²) in [5, 5.41) is 2.94. The number of carbonyl (C=O) groups is 1. The fourth-order valence-electron chi connectivity index (χ4n) is 1.72. The number of hydrogen-bond donors (Lipinski definition) is 1. The molecule has 1 amide bonds. The van der Waals surface area contributed by atoms with E-state index in [2.05, 4.69) is 5.32 Å². The molecule has 1 aromatic carbocycles. The zero-order valence-electron chi connectivity index (χ0n) is 10.5. The molecule has 0 spiro atoms. The quantitative estimate of drug-likeness (QED) is 0.855. The van der Waals surface area contributed by atoms with Crippen LogP contribution in [0, 0.1) is 0 Å². The Morgan fingerprint density at radius 1 is 1.39 bits per heavy atom. The Balaban J connectivity index is 2.10. The fraction of sp³-hybridized carbons (Fsp3) is 0.462. The van der Waals surface area contributed by atoms with Crippen LogP contribution >= 0.6 is 11.6 Å². The van der Waals surface area contributed by atoms with Crippen LogP contribution in [0.2, 0.25) is 0 Å². The average Bonchev–Trinajstić information content (AvgIpc) is 2.74. The summed E-state index contributed by atoms with van der Waals surface area (Å²) >= 11 is 5.70. The number of amides is 1. The van der Waals surface area contributed by atoms with Gasteiger partial charge >= 0.3 is 0 Å². The molecule has 0 aliphatic carbocycles. The van der Waals surface area contributed by atoms with Crippen LogP contribution in [0.3, 0.4) is 0 Å². The van der Waals surface area contributed by atoms with E-state index in [1.807, 2.05) is 13.8 Å². The Morgan fingerprint density at radius 2 is 2.11 bits per heavy atom. The van der Waals surface area contributed by atoms with Gasteiger partial charge in [0.25, 0.3) is 5.91 Å². The fourth-order valence-corrected chi connectivity index (χ4v) is 2.19. The Morgan fingerprint density at radius 3 is 2.83 bits per heavy atom. The molecule has 4 nitrogen and oxygen atoms in total. The maximum atomic E-state index is 12.1. The van der Waals surface area contributed by atoms with Gasteiger partial charge < -0.3 is 14.8 Å². The van der Waals surface area contributed by atoms with Crippen LogP contribution in [-0.2, 0) is 0 Å². The molecule has 2 rings (SSSR count). The van der Waals surface area contributed by atoms with Crippen LogP contribution < -0.4 is 14.8 Å². The Kier molecular flexibility index (Phi) is 3.66. The lowest BCUT2D eigenvalue weighted by molar-refractivity contribution is 0.0911. The van der Waals surface area contributed by atoms with Crippen molar-refractivity contribution in [3.63, 3.8) is 0 Å². The Hall–Kier alpha value is -1.42. The summed E-state index contributed by atoms with van der Waals surface area (Å²) < 4.78 is 10.4. The zero-order valence-corrected chi connectivity index (χ0v) is 11.2. The molecule has 1 aliphatic rings. The van der Waals surface area contributed by atoms with Crippen LogP contribution in [0.4, 0.5) is 0 Å². The van der Waals surface area contributed by atoms with Gasteiger partial charge in [0, 0.05) is 17.0 Å². The number of rotatable bonds is 4. The molecule has 1 N–H and O–H groups in total. The SMILES string of the molecule is CC(C)(CCCl)NC(=O)c1ccc2c(c1)OCO2. The molecule has 5 heteroatoms. The van der Waals surface area contributed by atoms with E-state index in [1.165, 1.54) is 0 Å². The highest BCUT2D eigenvalue weighted by molar-refractivity contribution is 6.17. The molecule has 0 saturated heterocycles. The summed E-state index contributed by atoms with van der Waals surface area (Å²) in [5.74, 6) is 1.65. The van der Waals surface area contributed by atoms with E-state index >= 15 is 0 Å². The Labute approximate surface area is 111 Å². The molecule has 0 atom stereocenters. The van der Waals surface area contributed by atoms with E-state index in [0.717, 1.165) is 0 Å². The van der Waals surface area contributed by atoms with E-state index in [9.17, 15) is 4.79 Å². The monoisotopic (exact) mass is 269 g/mol. The average molecular weight is 270 g/mol. The molecule has 18 heavy (non-hydrogen) atoms. The van der Waals surface area contributed by atoms with Crippen molar-refractivity contribution < 1.29 is 14.3 Å². The predicted molar refractivity (Wildman–Crippen MR) is 69.4 cm³/mol. The van der Waals surface area contributed by atoms with Gasteiger partial charge in [-0.1, -0.05) is 0 Å². The largest absolute Gasteiger partial charge is 0.454 e. The maximum absolute atomic E-state index is 12.1. The number of ether oxygens (including phenoxy) is 2. The van der Waals surface area contributed by atoms with Gasteiger partial charge in [0.1, 0.15) is 0 Å². The van der Waals surface area contributed by atoms with Gasteiger partial charge in [-0.25, -0.2) is 0 Å². The highest BCUT2D eigenvalue weighted by Crippen LogP contribution is 2.32. The summed E-state index contributed by atoms with van der Waals surface area (Å²) in [6, 6.07) is 5.15. The number of benzene rings is 1. The van der Waals surface area contributed by atoms with Gasteiger partial charge in [0.05, 0.1) is 0 Å². The van der Waals surface area contributed by atoms with Crippen LogP contribution in [-0.4, -0.2) is 24.1 Å². The predicted octanol–water partition coefficient (Wildman–Crippen LogP) is 2.55. The molecule has 0 aromatic heterocycles. The Bertz CT molecular complexity index is 460. The van der Waals surface area contributed by atoms with E-state index < -0.39 is 0 Å². The number of alkyl halides is 1. The number of carbonyl (C=O) groups excluding carboxylic acids is 1. The molecule has 0 fully saturated rings. The second-order valence-electron chi connectivity index (χ2n) is 4.85. The minimum absolute atomic E-state index is 0.136. The summed E-state index contributed by atoms with van der Waals surface area (Å²) in [4.78, 5) is 12.1. The van der Waals surface area contributed by atoms with Crippen LogP contribution in [0.25, 0.3) is 0 Å². The standard InChI is InChI=1S/C13H16ClNO3/c1-13(2,5-6-14)15-12(16)9-3-4-10-11(7-9)18-8-17-10/h3-4,7H,5-6,8H2,1-2H3,(H,15,16). The molecule has 1 aliphatic heterocycles. The first kappa shape index (κ1) is 13.0. The van der Waals surface area contributed by atoms with Crippen molar-refractivity contribution in [2.45, 2.75) is 25.8 Å². The lowest BCUT2D eigenvalue weighted by Crippen LogP contribution is -2.43. The van der Waals surface area contributed by atoms with Crippen molar-refractivity contribution in [3.8, 4) is 11.5 Å². The van der Waals surface area contributed by atoms with Gasteiger partial charge in [-0.15, -0.1) is 11.6 Å². The molecule has 98 valence electrons. The molecule has 0 saturated carbocycles. The summed E-state index contributed by atoms with van der Waals surface area (Å²) in [6.45, 7) is 4.10. The smallest absolute Gasteiger partial charge is 0.251 e. The molecular weight excluding hydrogens is 254 g/mol. The highest BCUT2D eigenvalue weighted by Gasteiger charge is 2.22. The van der Waals surface area contributed by atoms with E-state index in [1.54, 1.807) is 18.2 Å². The van der Waals surface area contributed by atoms with E-state index in [4.69, 9.17) is 21.1 Å². The van der Waals surface area contributed by atoms with Crippen LogP contribution in [0.5, 0.6) is 11.5 Å².